The van der Waals surface area contributed by atoms with Gasteiger partial charge in [-0.2, -0.15) is 11.8 Å². The molecule has 0 saturated carbocycles. The van der Waals surface area contributed by atoms with Gasteiger partial charge in [-0.3, -0.25) is 4.40 Å². The van der Waals surface area contributed by atoms with Gasteiger partial charge in [0.1, 0.15) is 6.33 Å². The average molecular weight is 261 g/mol. The lowest BCUT2D eigenvalue weighted by Crippen LogP contribution is -2.34. The Kier molecular flexibility index (Phi) is 2.23. The van der Waals surface area contributed by atoms with E-state index in [1.807, 2.05) is 22.7 Å². The molecule has 2 aromatic heterocycles. The Bertz CT molecular complexity index is 585. The van der Waals surface area contributed by atoms with Gasteiger partial charge in [0, 0.05) is 22.3 Å². The molecule has 1 N–H and O–H groups in total. The van der Waals surface area contributed by atoms with Crippen LogP contribution >= 0.6 is 11.8 Å². The molecular weight excluding hydrogens is 246 g/mol. The largest absolute Gasteiger partial charge is 0.385 e. The number of nitrogens with zero attached hydrogens (tertiary/aromatic N) is 3. The third-order valence-corrected chi connectivity index (χ3v) is 5.73. The molecule has 2 saturated heterocycles. The van der Waals surface area contributed by atoms with E-state index in [1.165, 1.54) is 12.8 Å². The first-order chi connectivity index (χ1) is 8.73. The van der Waals surface area contributed by atoms with Gasteiger partial charge in [0.25, 0.3) is 0 Å². The molecule has 2 aromatic rings. The van der Waals surface area contributed by atoms with Gasteiger partial charge in [0.15, 0.2) is 5.65 Å². The molecule has 18 heavy (non-hydrogen) atoms. The van der Waals surface area contributed by atoms with E-state index < -0.39 is 5.60 Å². The molecule has 0 aliphatic carbocycles. The molecule has 2 bridgehead atoms. The summed E-state index contributed by atoms with van der Waals surface area (Å²) in [7, 11) is 0. The molecule has 0 radical (unpaired) electrons. The smallest absolute Gasteiger partial charge is 0.160 e. The molecule has 94 valence electrons. The lowest BCUT2D eigenvalue weighted by atomic mass is 9.87. The fraction of sp³-hybridized carbons (Fsp3) is 0.538. The average Bonchev–Trinajstić information content (AvgIpc) is 2.95. The van der Waals surface area contributed by atoms with Gasteiger partial charge in [0.2, 0.25) is 0 Å². The summed E-state index contributed by atoms with van der Waals surface area (Å²) >= 11 is 2.06. The number of hydrogen-bond acceptors (Lipinski definition) is 4. The summed E-state index contributed by atoms with van der Waals surface area (Å²) in [6, 6.07) is 3.93. The fourth-order valence-electron chi connectivity index (χ4n) is 3.26. The lowest BCUT2D eigenvalue weighted by Gasteiger charge is -2.36. The summed E-state index contributed by atoms with van der Waals surface area (Å²) in [5.41, 5.74) is 1.18. The van der Waals surface area contributed by atoms with Gasteiger partial charge in [-0.05, 0) is 31.7 Å². The van der Waals surface area contributed by atoms with Crippen molar-refractivity contribution in [2.45, 2.75) is 41.8 Å². The third kappa shape index (κ3) is 1.57. The molecule has 2 aliphatic heterocycles. The quantitative estimate of drug-likeness (QED) is 0.852. The zero-order valence-electron chi connectivity index (χ0n) is 9.99. The van der Waals surface area contributed by atoms with E-state index in [0.29, 0.717) is 10.5 Å². The highest BCUT2D eigenvalue weighted by Gasteiger charge is 2.44. The summed E-state index contributed by atoms with van der Waals surface area (Å²) in [5.74, 6) is 0. The molecule has 2 unspecified atom stereocenters. The molecule has 4 heterocycles. The van der Waals surface area contributed by atoms with Gasteiger partial charge >= 0.3 is 0 Å². The summed E-state index contributed by atoms with van der Waals surface area (Å²) in [5, 5.41) is 20.1. The monoisotopic (exact) mass is 261 g/mol. The number of aromatic nitrogens is 3. The first kappa shape index (κ1) is 10.8. The van der Waals surface area contributed by atoms with E-state index in [-0.39, 0.29) is 0 Å². The van der Waals surface area contributed by atoms with Crippen LogP contribution < -0.4 is 0 Å². The molecule has 5 heteroatoms. The number of thioether (sulfide) groups is 1. The predicted octanol–water partition coefficient (Wildman–Crippen LogP) is 1.97. The van der Waals surface area contributed by atoms with Crippen molar-refractivity contribution < 1.29 is 5.11 Å². The zero-order chi connectivity index (χ0) is 12.2. The Morgan fingerprint density at radius 3 is 2.83 bits per heavy atom. The van der Waals surface area contributed by atoms with Crippen molar-refractivity contribution in [3.8, 4) is 0 Å². The number of hydrogen-bond donors (Lipinski definition) is 1. The van der Waals surface area contributed by atoms with Crippen molar-refractivity contribution in [3.63, 3.8) is 0 Å². The van der Waals surface area contributed by atoms with Crippen molar-refractivity contribution in [3.05, 3.63) is 30.2 Å². The molecule has 0 aromatic carbocycles. The Balaban J connectivity index is 1.76. The van der Waals surface area contributed by atoms with Crippen molar-refractivity contribution in [1.29, 1.82) is 0 Å². The second-order valence-electron chi connectivity index (χ2n) is 5.41. The van der Waals surface area contributed by atoms with Crippen LogP contribution in [0.2, 0.25) is 0 Å². The lowest BCUT2D eigenvalue weighted by molar-refractivity contribution is 0.0192. The first-order valence-electron chi connectivity index (χ1n) is 6.41. The molecule has 2 atom stereocenters. The summed E-state index contributed by atoms with van der Waals surface area (Å²) in [6.07, 6.45) is 7.93. The van der Waals surface area contributed by atoms with Crippen LogP contribution in [0.3, 0.4) is 0 Å². The van der Waals surface area contributed by atoms with E-state index in [9.17, 15) is 5.11 Å². The maximum absolute atomic E-state index is 11.0. The highest BCUT2D eigenvalue weighted by atomic mass is 32.2. The summed E-state index contributed by atoms with van der Waals surface area (Å²) in [4.78, 5) is 0. The first-order valence-corrected chi connectivity index (χ1v) is 7.35. The fourth-order valence-corrected chi connectivity index (χ4v) is 5.09. The van der Waals surface area contributed by atoms with Crippen LogP contribution in [0.15, 0.2) is 24.7 Å². The van der Waals surface area contributed by atoms with Crippen molar-refractivity contribution in [1.82, 2.24) is 14.6 Å². The summed E-state index contributed by atoms with van der Waals surface area (Å²) in [6.45, 7) is 0. The Morgan fingerprint density at radius 2 is 2.06 bits per heavy atom. The van der Waals surface area contributed by atoms with Gasteiger partial charge < -0.3 is 5.11 Å². The zero-order valence-corrected chi connectivity index (χ0v) is 10.8. The molecule has 4 rings (SSSR count). The Hall–Kier alpha value is -1.07. The van der Waals surface area contributed by atoms with Crippen LogP contribution in [0.5, 0.6) is 0 Å². The van der Waals surface area contributed by atoms with Crippen molar-refractivity contribution in [2.75, 3.05) is 0 Å². The van der Waals surface area contributed by atoms with Crippen LogP contribution in [-0.4, -0.2) is 30.2 Å². The second-order valence-corrected chi connectivity index (χ2v) is 7.02. The topological polar surface area (TPSA) is 50.4 Å². The van der Waals surface area contributed by atoms with E-state index in [0.717, 1.165) is 24.1 Å². The summed E-state index contributed by atoms with van der Waals surface area (Å²) < 4.78 is 1.89. The number of pyridine rings is 1. The van der Waals surface area contributed by atoms with Gasteiger partial charge in [0.05, 0.1) is 5.60 Å². The SMILES string of the molecule is OC1(c2ccc3nncn3c2)CC2CCC(C1)S2. The van der Waals surface area contributed by atoms with E-state index in [1.54, 1.807) is 6.33 Å². The molecule has 2 fully saturated rings. The minimum atomic E-state index is -0.657. The third-order valence-electron chi connectivity index (χ3n) is 4.15. The van der Waals surface area contributed by atoms with E-state index >= 15 is 0 Å². The molecule has 0 spiro atoms. The minimum Gasteiger partial charge on any atom is -0.385 e. The van der Waals surface area contributed by atoms with Gasteiger partial charge in [-0.1, -0.05) is 6.07 Å². The van der Waals surface area contributed by atoms with Crippen LogP contribution in [0.1, 0.15) is 31.2 Å². The van der Waals surface area contributed by atoms with E-state index in [4.69, 9.17) is 0 Å². The van der Waals surface area contributed by atoms with Gasteiger partial charge in [-0.25, -0.2) is 0 Å². The van der Waals surface area contributed by atoms with Crippen molar-refractivity contribution in [2.24, 2.45) is 0 Å². The minimum absolute atomic E-state index is 0.630. The van der Waals surface area contributed by atoms with E-state index in [2.05, 4.69) is 22.0 Å². The highest BCUT2D eigenvalue weighted by Crippen LogP contribution is 2.51. The molecule has 0 amide bonds. The van der Waals surface area contributed by atoms with Gasteiger partial charge in [-0.15, -0.1) is 10.2 Å². The number of aliphatic hydroxyl groups is 1. The van der Waals surface area contributed by atoms with Crippen molar-refractivity contribution >= 4 is 17.4 Å². The van der Waals surface area contributed by atoms with Crippen LogP contribution in [-0.2, 0) is 5.60 Å². The van der Waals surface area contributed by atoms with Crippen LogP contribution in [0.25, 0.3) is 5.65 Å². The normalized spacial score (nSPS) is 35.2. The molecule has 4 nitrogen and oxygen atoms in total. The second kappa shape index (κ2) is 3.71. The number of fused-ring (bicyclic) bond motifs is 3. The molecule has 2 aliphatic rings. The standard InChI is InChI=1S/C13H15N3OS/c17-13(5-10-2-3-11(6-13)18-10)9-1-4-12-15-14-8-16(12)7-9/h1,4,7-8,10-11,17H,2-3,5-6H2. The molecular formula is C13H15N3OS. The number of rotatable bonds is 1. The predicted molar refractivity (Wildman–Crippen MR) is 70.5 cm³/mol. The van der Waals surface area contributed by atoms with Crippen LogP contribution in [0, 0.1) is 0 Å². The maximum Gasteiger partial charge on any atom is 0.160 e. The Labute approximate surface area is 109 Å². The maximum atomic E-state index is 11.0. The highest BCUT2D eigenvalue weighted by molar-refractivity contribution is 8.00. The Morgan fingerprint density at radius 1 is 1.28 bits per heavy atom. The van der Waals surface area contributed by atoms with Crippen LogP contribution in [0.4, 0.5) is 0 Å².